The minimum absolute atomic E-state index is 0.181. The highest BCUT2D eigenvalue weighted by Gasteiger charge is 2.13. The van der Waals surface area contributed by atoms with Crippen LogP contribution in [0, 0.1) is 6.07 Å². The second-order valence-corrected chi connectivity index (χ2v) is 4.12. The highest BCUT2D eigenvalue weighted by atomic mass is 16.5. The van der Waals surface area contributed by atoms with Crippen molar-refractivity contribution in [2.75, 3.05) is 6.61 Å². The molecule has 13 heavy (non-hydrogen) atoms. The first kappa shape index (κ1) is 10.1. The maximum Gasteiger partial charge on any atom is 0.127 e. The molecule has 71 valence electrons. The lowest BCUT2D eigenvalue weighted by Crippen LogP contribution is -2.10. The van der Waals surface area contributed by atoms with Crippen molar-refractivity contribution in [3.8, 4) is 5.75 Å². The summed E-state index contributed by atoms with van der Waals surface area (Å²) in [5, 5.41) is 0. The summed E-state index contributed by atoms with van der Waals surface area (Å²) in [6, 6.07) is 9.13. The van der Waals surface area contributed by atoms with Gasteiger partial charge < -0.3 is 4.74 Å². The van der Waals surface area contributed by atoms with Crippen LogP contribution < -0.4 is 4.74 Å². The number of hydrogen-bond acceptors (Lipinski definition) is 1. The van der Waals surface area contributed by atoms with Gasteiger partial charge in [-0.25, -0.2) is 0 Å². The van der Waals surface area contributed by atoms with Gasteiger partial charge in [0.05, 0.1) is 6.61 Å². The maximum atomic E-state index is 5.39. The predicted octanol–water partition coefficient (Wildman–Crippen LogP) is 3.18. The summed E-state index contributed by atoms with van der Waals surface area (Å²) in [4.78, 5) is 0. The van der Waals surface area contributed by atoms with Crippen LogP contribution in [-0.2, 0) is 5.41 Å². The quantitative estimate of drug-likeness (QED) is 0.674. The zero-order valence-electron chi connectivity index (χ0n) is 8.85. The fourth-order valence-electron chi connectivity index (χ4n) is 1.15. The van der Waals surface area contributed by atoms with E-state index < -0.39 is 0 Å². The molecule has 1 rings (SSSR count). The second-order valence-electron chi connectivity index (χ2n) is 4.12. The Bertz CT molecular complexity index is 271. The van der Waals surface area contributed by atoms with E-state index in [-0.39, 0.29) is 5.41 Å². The van der Waals surface area contributed by atoms with Crippen molar-refractivity contribution in [3.05, 3.63) is 29.8 Å². The summed E-state index contributed by atoms with van der Waals surface area (Å²) in [7, 11) is 0. The van der Waals surface area contributed by atoms with E-state index in [1.165, 1.54) is 5.56 Å². The van der Waals surface area contributed by atoms with Crippen LogP contribution in [0.25, 0.3) is 0 Å². The Labute approximate surface area is 80.7 Å². The molecule has 0 aliphatic carbocycles. The molecule has 0 unspecified atom stereocenters. The summed E-state index contributed by atoms with van der Waals surface area (Å²) < 4.78 is 5.39. The van der Waals surface area contributed by atoms with Gasteiger partial charge in [-0.15, -0.1) is 0 Å². The zero-order valence-corrected chi connectivity index (χ0v) is 8.85. The smallest absolute Gasteiger partial charge is 0.127 e. The minimum Gasteiger partial charge on any atom is -0.493 e. The fraction of sp³-hybridized carbons (Fsp3) is 0.500. The van der Waals surface area contributed by atoms with Crippen molar-refractivity contribution in [2.24, 2.45) is 0 Å². The van der Waals surface area contributed by atoms with Crippen molar-refractivity contribution in [1.82, 2.24) is 0 Å². The second kappa shape index (κ2) is 3.82. The Morgan fingerprint density at radius 2 is 2.08 bits per heavy atom. The molecule has 0 bridgehead atoms. The van der Waals surface area contributed by atoms with Crippen LogP contribution in [0.1, 0.15) is 33.3 Å². The number of rotatable bonds is 2. The third-order valence-corrected chi connectivity index (χ3v) is 1.94. The van der Waals surface area contributed by atoms with Gasteiger partial charge in [0.2, 0.25) is 0 Å². The molecule has 0 atom stereocenters. The lowest BCUT2D eigenvalue weighted by molar-refractivity contribution is 0.338. The monoisotopic (exact) mass is 177 g/mol. The number of benzene rings is 1. The van der Waals surface area contributed by atoms with Crippen molar-refractivity contribution >= 4 is 0 Å². The zero-order chi connectivity index (χ0) is 9.90. The van der Waals surface area contributed by atoms with E-state index in [1.807, 2.05) is 13.0 Å². The molecule has 0 aliphatic rings. The molecular formula is C12H17O. The lowest BCUT2D eigenvalue weighted by Gasteiger charge is -2.19. The number of hydrogen-bond donors (Lipinski definition) is 0. The van der Waals surface area contributed by atoms with Gasteiger partial charge in [0, 0.05) is 6.07 Å². The van der Waals surface area contributed by atoms with Gasteiger partial charge in [-0.2, -0.15) is 0 Å². The lowest BCUT2D eigenvalue weighted by atomic mass is 9.87. The Hall–Kier alpha value is -0.980. The van der Waals surface area contributed by atoms with Crippen molar-refractivity contribution in [3.63, 3.8) is 0 Å². The van der Waals surface area contributed by atoms with E-state index in [9.17, 15) is 0 Å². The summed E-state index contributed by atoms with van der Waals surface area (Å²) in [5.74, 6) is 0.843. The Morgan fingerprint density at radius 3 is 2.62 bits per heavy atom. The van der Waals surface area contributed by atoms with Gasteiger partial charge in [0.1, 0.15) is 5.75 Å². The molecule has 0 aliphatic heterocycles. The average molecular weight is 177 g/mol. The van der Waals surface area contributed by atoms with Crippen molar-refractivity contribution in [1.29, 1.82) is 0 Å². The molecule has 1 aromatic rings. The van der Waals surface area contributed by atoms with Crippen LogP contribution in [-0.4, -0.2) is 6.61 Å². The van der Waals surface area contributed by atoms with E-state index in [0.717, 1.165) is 5.75 Å². The van der Waals surface area contributed by atoms with Crippen molar-refractivity contribution in [2.45, 2.75) is 33.1 Å². The predicted molar refractivity (Wildman–Crippen MR) is 55.1 cm³/mol. The Balaban J connectivity index is 2.92. The average Bonchev–Trinajstić information content (AvgIpc) is 2.04. The molecule has 0 amide bonds. The molecule has 0 saturated heterocycles. The summed E-state index contributed by atoms with van der Waals surface area (Å²) in [5.41, 5.74) is 1.47. The first-order valence-corrected chi connectivity index (χ1v) is 4.69. The highest BCUT2D eigenvalue weighted by molar-refractivity contribution is 5.31. The largest absolute Gasteiger partial charge is 0.493 e. The molecule has 1 nitrogen and oxygen atoms in total. The molecule has 0 spiro atoms. The first-order chi connectivity index (χ1) is 6.04. The third kappa shape index (κ3) is 2.76. The summed E-state index contributed by atoms with van der Waals surface area (Å²) >= 11 is 0. The summed E-state index contributed by atoms with van der Waals surface area (Å²) in [6.45, 7) is 9.26. The molecule has 1 heteroatoms. The normalized spacial score (nSPS) is 11.4. The van der Waals surface area contributed by atoms with Crippen LogP contribution in [0.15, 0.2) is 18.2 Å². The van der Waals surface area contributed by atoms with Gasteiger partial charge in [-0.1, -0.05) is 32.9 Å². The molecule has 1 aromatic carbocycles. The standard InChI is InChI=1S/C12H17O/c1-5-13-11-8-6-7-10(9-11)12(2,3)4/h6-7,9H,5H2,1-4H3. The Morgan fingerprint density at radius 1 is 1.38 bits per heavy atom. The van der Waals surface area contributed by atoms with Crippen LogP contribution in [0.2, 0.25) is 0 Å². The van der Waals surface area contributed by atoms with Gasteiger partial charge in [-0.05, 0) is 24.0 Å². The molecule has 0 saturated carbocycles. The third-order valence-electron chi connectivity index (χ3n) is 1.94. The fourth-order valence-corrected chi connectivity index (χ4v) is 1.15. The molecule has 0 N–H and O–H groups in total. The van der Waals surface area contributed by atoms with E-state index in [2.05, 4.69) is 39.0 Å². The molecule has 0 aromatic heterocycles. The minimum atomic E-state index is 0.181. The van der Waals surface area contributed by atoms with Crippen LogP contribution >= 0.6 is 0 Å². The molecular weight excluding hydrogens is 160 g/mol. The van der Waals surface area contributed by atoms with Gasteiger partial charge in [0.15, 0.2) is 0 Å². The maximum absolute atomic E-state index is 5.39. The van der Waals surface area contributed by atoms with Crippen molar-refractivity contribution < 1.29 is 4.74 Å². The topological polar surface area (TPSA) is 9.23 Å². The van der Waals surface area contributed by atoms with Gasteiger partial charge >= 0.3 is 0 Å². The van der Waals surface area contributed by atoms with Gasteiger partial charge in [-0.3, -0.25) is 0 Å². The highest BCUT2D eigenvalue weighted by Crippen LogP contribution is 2.25. The summed E-state index contributed by atoms with van der Waals surface area (Å²) in [6.07, 6.45) is 0. The van der Waals surface area contributed by atoms with E-state index in [1.54, 1.807) is 0 Å². The van der Waals surface area contributed by atoms with E-state index >= 15 is 0 Å². The van der Waals surface area contributed by atoms with E-state index in [4.69, 9.17) is 4.74 Å². The molecule has 0 fully saturated rings. The SMILES string of the molecule is CCOc1[c]ccc(C(C)(C)C)c1. The van der Waals surface area contributed by atoms with Gasteiger partial charge in [0.25, 0.3) is 0 Å². The molecule has 0 heterocycles. The number of ether oxygens (including phenoxy) is 1. The van der Waals surface area contributed by atoms with Crippen LogP contribution in [0.5, 0.6) is 5.75 Å². The Kier molecular flexibility index (Phi) is 2.97. The molecule has 1 radical (unpaired) electrons. The first-order valence-electron chi connectivity index (χ1n) is 4.69. The van der Waals surface area contributed by atoms with Crippen LogP contribution in [0.3, 0.4) is 0 Å². The van der Waals surface area contributed by atoms with Crippen LogP contribution in [0.4, 0.5) is 0 Å². The van der Waals surface area contributed by atoms with E-state index in [0.29, 0.717) is 6.61 Å².